The molecule has 3 N–H and O–H groups in total. The summed E-state index contributed by atoms with van der Waals surface area (Å²) < 4.78 is 96.3. The number of alkyl carbamates (subject to hydrolysis) is 1. The lowest BCUT2D eigenvalue weighted by atomic mass is 9.90. The normalized spacial score (nSPS) is 24.8. The van der Waals surface area contributed by atoms with Gasteiger partial charge in [0.15, 0.2) is 0 Å². The molecule has 2 aromatic rings. The number of benzene rings is 1. The molecule has 6 rings (SSSR count). The van der Waals surface area contributed by atoms with Crippen molar-refractivity contribution in [2.24, 2.45) is 11.8 Å². The van der Waals surface area contributed by atoms with Crippen molar-refractivity contribution in [3.05, 3.63) is 29.3 Å². The molecule has 1 aromatic heterocycles. The van der Waals surface area contributed by atoms with Crippen LogP contribution in [0.1, 0.15) is 79.6 Å². The predicted octanol–water partition coefficient (Wildman–Crippen LogP) is 4.71. The van der Waals surface area contributed by atoms with Crippen molar-refractivity contribution in [1.82, 2.24) is 25.2 Å². The maximum Gasteiger partial charge on any atom is 0.427 e. The van der Waals surface area contributed by atoms with Gasteiger partial charge in [-0.1, -0.05) is 31.0 Å². The molecular formula is C38H49ClF3N5O11S. The summed E-state index contributed by atoms with van der Waals surface area (Å²) in [5, 5.41) is 5.87. The van der Waals surface area contributed by atoms with Crippen LogP contribution in [0.3, 0.4) is 0 Å². The van der Waals surface area contributed by atoms with E-state index < -0.39 is 87.1 Å². The Kier molecular flexibility index (Phi) is 12.6. The Hall–Kier alpha value is -4.14. The largest absolute Gasteiger partial charge is 0.488 e. The number of para-hydroxylation sites is 1. The molecule has 5 atom stereocenters. The monoisotopic (exact) mass is 875 g/mol. The number of pyridine rings is 1. The molecule has 21 heteroatoms. The number of rotatable bonds is 15. The molecule has 1 aromatic carbocycles. The van der Waals surface area contributed by atoms with Gasteiger partial charge in [-0.15, -0.1) is 0 Å². The Morgan fingerprint density at radius 1 is 1.12 bits per heavy atom. The maximum absolute atomic E-state index is 14.7. The van der Waals surface area contributed by atoms with Crippen LogP contribution in [-0.2, 0) is 38.3 Å². The van der Waals surface area contributed by atoms with E-state index >= 15 is 0 Å². The molecule has 0 spiro atoms. The number of likely N-dealkylation sites (tertiary alicyclic amines) is 1. The van der Waals surface area contributed by atoms with Gasteiger partial charge in [0.1, 0.15) is 29.5 Å². The van der Waals surface area contributed by atoms with Crippen LogP contribution in [-0.4, -0.2) is 110 Å². The first-order valence-corrected chi connectivity index (χ1v) is 21.3. The summed E-state index contributed by atoms with van der Waals surface area (Å²) in [6, 6.07) is 3.72. The summed E-state index contributed by atoms with van der Waals surface area (Å²) in [4.78, 5) is 61.6. The number of fused-ring (bicyclic) bond motifs is 1. The van der Waals surface area contributed by atoms with Gasteiger partial charge in [0.25, 0.3) is 5.91 Å². The van der Waals surface area contributed by atoms with Crippen molar-refractivity contribution < 1.29 is 63.9 Å². The SMILES string of the molecule is CCOc1cc(OC2C[C@@H](C(=O)N[C@]3(C(=O)NS(=O)(=O)OC4(C)CC4)C[C@H]3CC)N(C(=O)C(NC(=O)OC(C)(C)C(F)(F)F)C3CCOCC3)C2)c2cccc(Cl)c2n1. The lowest BCUT2D eigenvalue weighted by Crippen LogP contribution is -2.60. The number of amides is 4. The van der Waals surface area contributed by atoms with Gasteiger partial charge in [-0.05, 0) is 83.8 Å². The van der Waals surface area contributed by atoms with Gasteiger partial charge >= 0.3 is 22.6 Å². The number of hydrogen-bond donors (Lipinski definition) is 3. The molecule has 2 aliphatic heterocycles. The maximum atomic E-state index is 14.7. The van der Waals surface area contributed by atoms with Crippen LogP contribution in [0.25, 0.3) is 10.9 Å². The fraction of sp³-hybridized carbons (Fsp3) is 0.658. The van der Waals surface area contributed by atoms with E-state index in [1.807, 2.05) is 4.72 Å². The summed E-state index contributed by atoms with van der Waals surface area (Å²) in [5.41, 5.74) is -5.15. The first kappa shape index (κ1) is 44.4. The average molecular weight is 876 g/mol. The molecule has 326 valence electrons. The molecule has 2 saturated carbocycles. The molecule has 4 aliphatic rings. The van der Waals surface area contributed by atoms with Gasteiger partial charge < -0.3 is 34.5 Å². The lowest BCUT2D eigenvalue weighted by Gasteiger charge is -2.35. The lowest BCUT2D eigenvalue weighted by molar-refractivity contribution is -0.244. The Morgan fingerprint density at radius 3 is 2.42 bits per heavy atom. The number of carbonyl (C=O) groups excluding carboxylic acids is 4. The third kappa shape index (κ3) is 9.92. The number of carbonyl (C=O) groups is 4. The minimum Gasteiger partial charge on any atom is -0.488 e. The quantitative estimate of drug-likeness (QED) is 0.223. The first-order valence-electron chi connectivity index (χ1n) is 19.5. The summed E-state index contributed by atoms with van der Waals surface area (Å²) in [5.74, 6) is -3.31. The minimum absolute atomic E-state index is 0.0888. The molecule has 0 radical (unpaired) electrons. The zero-order valence-corrected chi connectivity index (χ0v) is 34.9. The molecular weight excluding hydrogens is 827 g/mol. The highest BCUT2D eigenvalue weighted by molar-refractivity contribution is 7.85. The third-order valence-electron chi connectivity index (χ3n) is 11.3. The minimum atomic E-state index is -4.93. The molecule has 3 heterocycles. The predicted molar refractivity (Wildman–Crippen MR) is 205 cm³/mol. The van der Waals surface area contributed by atoms with Gasteiger partial charge in [-0.3, -0.25) is 14.4 Å². The fourth-order valence-electron chi connectivity index (χ4n) is 7.45. The molecule has 2 aliphatic carbocycles. The molecule has 2 unspecified atom stereocenters. The van der Waals surface area contributed by atoms with Crippen LogP contribution in [0.2, 0.25) is 5.02 Å². The second-order valence-corrected chi connectivity index (χ2v) is 17.9. The Balaban J connectivity index is 1.32. The van der Waals surface area contributed by atoms with Crippen LogP contribution in [0.5, 0.6) is 11.6 Å². The zero-order chi connectivity index (χ0) is 43.1. The molecule has 16 nitrogen and oxygen atoms in total. The third-order valence-corrected chi connectivity index (χ3v) is 12.7. The van der Waals surface area contributed by atoms with Crippen molar-refractivity contribution in [3.63, 3.8) is 0 Å². The summed E-state index contributed by atoms with van der Waals surface area (Å²) in [7, 11) is -4.55. The molecule has 4 fully saturated rings. The summed E-state index contributed by atoms with van der Waals surface area (Å²) in [6.07, 6.45) is -5.60. The second kappa shape index (κ2) is 16.7. The standard InChI is InChI=1S/C38H49ClF3N5O11S/c1-6-22-19-37(22,33(50)46-59(52,53)58-36(5)13-14-36)45-31(48)26-17-23(56-27-18-28(55-7-2)43-30-24(27)9-8-10-25(30)39)20-47(26)32(49)29(21-11-15-54-16-12-21)44-34(51)57-35(3,4)38(40,41)42/h8-10,18,21-23,26,29H,6-7,11-17,19-20H2,1-5H3,(H,44,51)(H,45,48)(H,46,50)/t22-,23?,26+,29?,37-/m1/s1. The number of nitrogens with zero attached hydrogens (tertiary/aromatic N) is 2. The highest BCUT2D eigenvalue weighted by atomic mass is 35.5. The fourth-order valence-corrected chi connectivity index (χ4v) is 8.82. The van der Waals surface area contributed by atoms with E-state index in [0.717, 1.165) is 4.90 Å². The van der Waals surface area contributed by atoms with Crippen LogP contribution in [0.4, 0.5) is 18.0 Å². The van der Waals surface area contributed by atoms with Gasteiger partial charge in [0.2, 0.25) is 23.3 Å². The van der Waals surface area contributed by atoms with Crippen LogP contribution >= 0.6 is 11.6 Å². The molecule has 59 heavy (non-hydrogen) atoms. The Labute approximate surface area is 344 Å². The van der Waals surface area contributed by atoms with E-state index in [2.05, 4.69) is 15.6 Å². The number of ether oxygens (including phenoxy) is 4. The molecule has 0 bridgehead atoms. The smallest absolute Gasteiger partial charge is 0.427 e. The number of nitrogens with one attached hydrogen (secondary N) is 3. The van der Waals surface area contributed by atoms with E-state index in [1.54, 1.807) is 39.0 Å². The van der Waals surface area contributed by atoms with E-state index in [9.17, 15) is 40.8 Å². The summed E-state index contributed by atoms with van der Waals surface area (Å²) in [6.45, 7) is 6.85. The number of halogens is 4. The van der Waals surface area contributed by atoms with E-state index in [-0.39, 0.29) is 63.7 Å². The van der Waals surface area contributed by atoms with Crippen molar-refractivity contribution in [2.45, 2.75) is 121 Å². The molecule has 2 saturated heterocycles. The topological polar surface area (TPSA) is 201 Å². The second-order valence-electron chi connectivity index (χ2n) is 16.2. The van der Waals surface area contributed by atoms with Crippen molar-refractivity contribution in [1.29, 1.82) is 0 Å². The van der Waals surface area contributed by atoms with Gasteiger partial charge in [0, 0.05) is 31.1 Å². The Morgan fingerprint density at radius 2 is 1.81 bits per heavy atom. The van der Waals surface area contributed by atoms with Crippen molar-refractivity contribution >= 4 is 56.6 Å². The molecule has 4 amide bonds. The van der Waals surface area contributed by atoms with Crippen LogP contribution in [0, 0.1) is 11.8 Å². The van der Waals surface area contributed by atoms with Gasteiger partial charge in [-0.2, -0.15) is 21.6 Å². The van der Waals surface area contributed by atoms with Gasteiger partial charge in [0.05, 0.1) is 29.3 Å². The Bertz CT molecular complexity index is 2070. The van der Waals surface area contributed by atoms with E-state index in [4.69, 9.17) is 34.7 Å². The van der Waals surface area contributed by atoms with Crippen LogP contribution in [0.15, 0.2) is 24.3 Å². The zero-order valence-electron chi connectivity index (χ0n) is 33.3. The highest BCUT2D eigenvalue weighted by Gasteiger charge is 2.62. The number of aromatic nitrogens is 1. The van der Waals surface area contributed by atoms with E-state index in [1.165, 1.54) is 6.07 Å². The summed E-state index contributed by atoms with van der Waals surface area (Å²) >= 11 is 6.48. The number of alkyl halides is 3. The first-order chi connectivity index (χ1) is 27.6. The van der Waals surface area contributed by atoms with Crippen LogP contribution < -0.4 is 24.8 Å². The van der Waals surface area contributed by atoms with E-state index in [0.29, 0.717) is 49.0 Å². The van der Waals surface area contributed by atoms with Gasteiger partial charge in [-0.25, -0.2) is 18.7 Å². The average Bonchev–Trinajstić information content (AvgIpc) is 4.02. The van der Waals surface area contributed by atoms with Crippen molar-refractivity contribution in [2.75, 3.05) is 26.4 Å². The number of hydrogen-bond acceptors (Lipinski definition) is 12. The van der Waals surface area contributed by atoms with Crippen molar-refractivity contribution in [3.8, 4) is 11.6 Å². The highest BCUT2D eigenvalue weighted by Crippen LogP contribution is 2.47.